The van der Waals surface area contributed by atoms with Crippen LogP contribution in [0.3, 0.4) is 0 Å². The van der Waals surface area contributed by atoms with E-state index in [2.05, 4.69) is 17.7 Å². The first-order valence-corrected chi connectivity index (χ1v) is 6.71. The molecule has 0 bridgehead atoms. The number of amides is 1. The quantitative estimate of drug-likeness (QED) is 0.362. The number of nitrogens with two attached hydrogens (primary N) is 1. The second kappa shape index (κ2) is 9.35. The molecule has 0 heterocycles. The molecule has 1 aromatic carbocycles. The average molecular weight is 265 g/mol. The molecule has 0 saturated heterocycles. The highest BCUT2D eigenvalue weighted by molar-refractivity contribution is 5.99. The zero-order chi connectivity index (χ0) is 13.9. The van der Waals surface area contributed by atoms with Crippen molar-refractivity contribution in [1.82, 2.24) is 5.32 Å². The molecule has 5 heteroatoms. The second-order valence-corrected chi connectivity index (χ2v) is 4.27. The number of ether oxygens (including phenoxy) is 1. The Kier molecular flexibility index (Phi) is 7.62. The third-order valence-electron chi connectivity index (χ3n) is 2.72. The van der Waals surface area contributed by atoms with Gasteiger partial charge in [-0.05, 0) is 25.0 Å². The Bertz CT molecular complexity index is 383. The predicted molar refractivity (Wildman–Crippen MR) is 76.9 cm³/mol. The van der Waals surface area contributed by atoms with Crippen molar-refractivity contribution >= 4 is 11.6 Å². The van der Waals surface area contributed by atoms with Crippen LogP contribution >= 0.6 is 0 Å². The maximum Gasteiger partial charge on any atom is 0.253 e. The number of rotatable bonds is 9. The molecule has 0 atom stereocenters. The Hall–Kier alpha value is -1.59. The monoisotopic (exact) mass is 265 g/mol. The maximum absolute atomic E-state index is 11.9. The second-order valence-electron chi connectivity index (χ2n) is 4.27. The number of hydrogen-bond donors (Lipinski definition) is 3. The Morgan fingerprint density at radius 1 is 1.26 bits per heavy atom. The zero-order valence-electron chi connectivity index (χ0n) is 11.4. The summed E-state index contributed by atoms with van der Waals surface area (Å²) < 4.78 is 5.42. The number of hydrazine groups is 1. The van der Waals surface area contributed by atoms with E-state index in [9.17, 15) is 4.79 Å². The molecule has 106 valence electrons. The minimum Gasteiger partial charge on any atom is -0.381 e. The van der Waals surface area contributed by atoms with Crippen LogP contribution in [0.4, 0.5) is 5.69 Å². The molecule has 0 fully saturated rings. The van der Waals surface area contributed by atoms with Crippen LogP contribution in [0.25, 0.3) is 0 Å². The van der Waals surface area contributed by atoms with Gasteiger partial charge in [-0.25, -0.2) is 0 Å². The average Bonchev–Trinajstić information content (AvgIpc) is 2.46. The first-order valence-electron chi connectivity index (χ1n) is 6.71. The number of hydrogen-bond acceptors (Lipinski definition) is 4. The standard InChI is InChI=1S/C14H23N3O2/c1-2-3-10-19-11-6-9-16-14(18)12-7-4-5-8-13(12)17-15/h4-5,7-8,17H,2-3,6,9-11,15H2,1H3,(H,16,18). The molecule has 0 spiro atoms. The summed E-state index contributed by atoms with van der Waals surface area (Å²) in [7, 11) is 0. The van der Waals surface area contributed by atoms with Gasteiger partial charge in [-0.3, -0.25) is 10.6 Å². The van der Waals surface area contributed by atoms with Crippen molar-refractivity contribution in [3.05, 3.63) is 29.8 Å². The van der Waals surface area contributed by atoms with E-state index in [0.717, 1.165) is 25.9 Å². The zero-order valence-corrected chi connectivity index (χ0v) is 11.4. The molecule has 0 saturated carbocycles. The van der Waals surface area contributed by atoms with Crippen molar-refractivity contribution in [2.45, 2.75) is 26.2 Å². The fraction of sp³-hybridized carbons (Fsp3) is 0.500. The van der Waals surface area contributed by atoms with E-state index in [0.29, 0.717) is 24.4 Å². The van der Waals surface area contributed by atoms with Crippen LogP contribution in [0.1, 0.15) is 36.5 Å². The molecule has 1 rings (SSSR count). The molecule has 19 heavy (non-hydrogen) atoms. The van der Waals surface area contributed by atoms with Gasteiger partial charge >= 0.3 is 0 Å². The number of para-hydroxylation sites is 1. The molecule has 1 aromatic rings. The van der Waals surface area contributed by atoms with Crippen LogP contribution in [-0.4, -0.2) is 25.7 Å². The van der Waals surface area contributed by atoms with Gasteiger partial charge in [0.25, 0.3) is 5.91 Å². The SMILES string of the molecule is CCCCOCCCNC(=O)c1ccccc1NN. The van der Waals surface area contributed by atoms with Crippen molar-refractivity contribution in [3.63, 3.8) is 0 Å². The van der Waals surface area contributed by atoms with Crippen LogP contribution in [0, 0.1) is 0 Å². The van der Waals surface area contributed by atoms with Crippen LogP contribution in [0.15, 0.2) is 24.3 Å². The van der Waals surface area contributed by atoms with Crippen molar-refractivity contribution in [2.75, 3.05) is 25.2 Å². The van der Waals surface area contributed by atoms with Gasteiger partial charge in [0.1, 0.15) is 0 Å². The third kappa shape index (κ3) is 5.72. The Labute approximate surface area is 114 Å². The number of nitrogen functional groups attached to an aromatic ring is 1. The van der Waals surface area contributed by atoms with Crippen LogP contribution in [0.5, 0.6) is 0 Å². The third-order valence-corrected chi connectivity index (χ3v) is 2.72. The van der Waals surface area contributed by atoms with Gasteiger partial charge < -0.3 is 15.5 Å². The highest BCUT2D eigenvalue weighted by Gasteiger charge is 2.08. The molecule has 0 aromatic heterocycles. The minimum atomic E-state index is -0.123. The predicted octanol–water partition coefficient (Wildman–Crippen LogP) is 1.91. The van der Waals surface area contributed by atoms with Gasteiger partial charge in [-0.15, -0.1) is 0 Å². The van der Waals surface area contributed by atoms with Gasteiger partial charge in [-0.1, -0.05) is 25.5 Å². The molecule has 4 N–H and O–H groups in total. The lowest BCUT2D eigenvalue weighted by molar-refractivity contribution is 0.0941. The number of benzene rings is 1. The van der Waals surface area contributed by atoms with Crippen LogP contribution < -0.4 is 16.6 Å². The maximum atomic E-state index is 11.9. The number of unbranched alkanes of at least 4 members (excludes halogenated alkanes) is 1. The number of nitrogens with one attached hydrogen (secondary N) is 2. The van der Waals surface area contributed by atoms with Crippen molar-refractivity contribution in [1.29, 1.82) is 0 Å². The smallest absolute Gasteiger partial charge is 0.253 e. The van der Waals surface area contributed by atoms with E-state index in [4.69, 9.17) is 10.6 Å². The molecule has 0 aliphatic heterocycles. The molecule has 0 unspecified atom stereocenters. The van der Waals surface area contributed by atoms with Crippen LogP contribution in [-0.2, 0) is 4.74 Å². The molecule has 1 amide bonds. The summed E-state index contributed by atoms with van der Waals surface area (Å²) in [5.74, 6) is 5.24. The van der Waals surface area contributed by atoms with Crippen molar-refractivity contribution in [2.24, 2.45) is 5.84 Å². The van der Waals surface area contributed by atoms with Gasteiger partial charge in [0.15, 0.2) is 0 Å². The summed E-state index contributed by atoms with van der Waals surface area (Å²) in [6, 6.07) is 7.14. The fourth-order valence-electron chi connectivity index (χ4n) is 1.63. The molecule has 0 aliphatic carbocycles. The van der Waals surface area contributed by atoms with E-state index in [1.54, 1.807) is 12.1 Å². The highest BCUT2D eigenvalue weighted by atomic mass is 16.5. The summed E-state index contributed by atoms with van der Waals surface area (Å²) >= 11 is 0. The van der Waals surface area contributed by atoms with Gasteiger partial charge in [0.05, 0.1) is 11.3 Å². The van der Waals surface area contributed by atoms with E-state index in [1.807, 2.05) is 12.1 Å². The lowest BCUT2D eigenvalue weighted by atomic mass is 10.1. The highest BCUT2D eigenvalue weighted by Crippen LogP contribution is 2.12. The normalized spacial score (nSPS) is 10.2. The van der Waals surface area contributed by atoms with Crippen LogP contribution in [0.2, 0.25) is 0 Å². The minimum absolute atomic E-state index is 0.123. The van der Waals surface area contributed by atoms with E-state index in [1.165, 1.54) is 0 Å². The molecule has 5 nitrogen and oxygen atoms in total. The fourth-order valence-corrected chi connectivity index (χ4v) is 1.63. The lowest BCUT2D eigenvalue weighted by Gasteiger charge is -2.09. The summed E-state index contributed by atoms with van der Waals surface area (Å²) in [4.78, 5) is 11.9. The number of carbonyl (C=O) groups excluding carboxylic acids is 1. The van der Waals surface area contributed by atoms with E-state index < -0.39 is 0 Å². The van der Waals surface area contributed by atoms with E-state index >= 15 is 0 Å². The van der Waals surface area contributed by atoms with E-state index in [-0.39, 0.29) is 5.91 Å². The van der Waals surface area contributed by atoms with Crippen molar-refractivity contribution in [3.8, 4) is 0 Å². The molecule has 0 radical (unpaired) electrons. The number of carbonyl (C=O) groups is 1. The number of anilines is 1. The van der Waals surface area contributed by atoms with Gasteiger partial charge in [0.2, 0.25) is 0 Å². The first-order chi connectivity index (χ1) is 9.29. The molecular formula is C14H23N3O2. The summed E-state index contributed by atoms with van der Waals surface area (Å²) in [6.45, 7) is 4.21. The van der Waals surface area contributed by atoms with Gasteiger partial charge in [-0.2, -0.15) is 0 Å². The van der Waals surface area contributed by atoms with Crippen molar-refractivity contribution < 1.29 is 9.53 Å². The lowest BCUT2D eigenvalue weighted by Crippen LogP contribution is -2.26. The van der Waals surface area contributed by atoms with Gasteiger partial charge in [0, 0.05) is 19.8 Å². The summed E-state index contributed by atoms with van der Waals surface area (Å²) in [5.41, 5.74) is 3.69. The topological polar surface area (TPSA) is 76.4 Å². The Morgan fingerprint density at radius 2 is 2.00 bits per heavy atom. The Morgan fingerprint density at radius 3 is 2.74 bits per heavy atom. The Balaban J connectivity index is 2.24. The first kappa shape index (κ1) is 15.5. The summed E-state index contributed by atoms with van der Waals surface area (Å²) in [6.07, 6.45) is 3.04. The molecular weight excluding hydrogens is 242 g/mol. The largest absolute Gasteiger partial charge is 0.381 e. The molecule has 0 aliphatic rings. The summed E-state index contributed by atoms with van der Waals surface area (Å²) in [5, 5.41) is 2.85.